The monoisotopic (exact) mass is 396 g/mol. The minimum atomic E-state index is -3.73. The summed E-state index contributed by atoms with van der Waals surface area (Å²) in [5.74, 6) is 1.27. The predicted octanol–water partition coefficient (Wildman–Crippen LogP) is 1.94. The summed E-state index contributed by atoms with van der Waals surface area (Å²) in [7, 11) is -2.02. The van der Waals surface area contributed by atoms with Crippen LogP contribution in [-0.2, 0) is 17.1 Å². The Morgan fingerprint density at radius 3 is 2.46 bits per heavy atom. The largest absolute Gasteiger partial charge is 0.340 e. The second-order valence-electron chi connectivity index (χ2n) is 5.92. The average molecular weight is 396 g/mol. The number of hydrogen-bond acceptors (Lipinski definition) is 7. The molecule has 142 valence electrons. The van der Waals surface area contributed by atoms with Crippen LogP contribution in [-0.4, -0.2) is 37.5 Å². The van der Waals surface area contributed by atoms with Crippen LogP contribution >= 0.6 is 0 Å². The van der Waals surface area contributed by atoms with Crippen LogP contribution in [0.15, 0.2) is 72.9 Å². The maximum absolute atomic E-state index is 12.3. The number of rotatable bonds is 6. The van der Waals surface area contributed by atoms with Gasteiger partial charge in [0.15, 0.2) is 5.03 Å². The van der Waals surface area contributed by atoms with Crippen LogP contribution in [0.3, 0.4) is 0 Å². The van der Waals surface area contributed by atoms with E-state index in [1.165, 1.54) is 18.9 Å². The van der Waals surface area contributed by atoms with E-state index >= 15 is 0 Å². The van der Waals surface area contributed by atoms with E-state index < -0.39 is 10.0 Å². The van der Waals surface area contributed by atoms with Crippen LogP contribution in [0.5, 0.6) is 0 Å². The van der Waals surface area contributed by atoms with E-state index in [1.807, 2.05) is 0 Å². The molecule has 28 heavy (non-hydrogen) atoms. The van der Waals surface area contributed by atoms with Gasteiger partial charge in [0.05, 0.1) is 6.33 Å². The van der Waals surface area contributed by atoms with E-state index in [1.54, 1.807) is 65.2 Å². The highest BCUT2D eigenvalue weighted by Gasteiger charge is 2.16. The van der Waals surface area contributed by atoms with Crippen molar-refractivity contribution in [2.75, 3.05) is 10.0 Å². The van der Waals surface area contributed by atoms with E-state index in [-0.39, 0.29) is 5.03 Å². The molecule has 2 N–H and O–H groups in total. The SMILES string of the molecule is Cn1cnc(S(=O)(=O)Nc2ccc(Nc3cc(-n4ccnc4)ncn3)cc2)c1. The van der Waals surface area contributed by atoms with E-state index in [4.69, 9.17) is 0 Å². The third-order valence-corrected chi connectivity index (χ3v) is 5.05. The van der Waals surface area contributed by atoms with E-state index in [9.17, 15) is 8.42 Å². The molecule has 0 spiro atoms. The van der Waals surface area contributed by atoms with Gasteiger partial charge in [-0.25, -0.2) is 19.9 Å². The Kier molecular flexibility index (Phi) is 4.49. The van der Waals surface area contributed by atoms with Crippen molar-refractivity contribution in [3.63, 3.8) is 0 Å². The van der Waals surface area contributed by atoms with Crippen molar-refractivity contribution in [1.82, 2.24) is 29.1 Å². The topological polar surface area (TPSA) is 120 Å². The minimum absolute atomic E-state index is 0.0368. The fraction of sp³-hybridized carbons (Fsp3) is 0.0588. The molecule has 1 aromatic carbocycles. The molecule has 0 unspecified atom stereocenters. The molecule has 0 saturated heterocycles. The zero-order valence-electron chi connectivity index (χ0n) is 14.8. The fourth-order valence-corrected chi connectivity index (χ4v) is 3.50. The van der Waals surface area contributed by atoms with Gasteiger partial charge >= 0.3 is 0 Å². The van der Waals surface area contributed by atoms with E-state index in [2.05, 4.69) is 30.0 Å². The molecule has 3 heterocycles. The van der Waals surface area contributed by atoms with Crippen LogP contribution in [0.1, 0.15) is 0 Å². The predicted molar refractivity (Wildman–Crippen MR) is 103 cm³/mol. The molecule has 10 nitrogen and oxygen atoms in total. The lowest BCUT2D eigenvalue weighted by atomic mass is 10.3. The molecule has 11 heteroatoms. The Balaban J connectivity index is 1.47. The molecule has 0 radical (unpaired) electrons. The number of benzene rings is 1. The van der Waals surface area contributed by atoms with Crippen molar-refractivity contribution >= 4 is 27.2 Å². The Bertz CT molecular complexity index is 1180. The summed E-state index contributed by atoms with van der Waals surface area (Å²) in [6.07, 6.45) is 9.42. The summed E-state index contributed by atoms with van der Waals surface area (Å²) in [6.45, 7) is 0. The van der Waals surface area contributed by atoms with Crippen LogP contribution < -0.4 is 10.0 Å². The molecule has 0 aliphatic rings. The summed E-state index contributed by atoms with van der Waals surface area (Å²) in [4.78, 5) is 16.2. The molecule has 0 fully saturated rings. The van der Waals surface area contributed by atoms with Gasteiger partial charge in [0, 0.05) is 43.1 Å². The summed E-state index contributed by atoms with van der Waals surface area (Å²) >= 11 is 0. The van der Waals surface area contributed by atoms with Gasteiger partial charge in [0.2, 0.25) is 0 Å². The highest BCUT2D eigenvalue weighted by molar-refractivity contribution is 7.92. The summed E-state index contributed by atoms with van der Waals surface area (Å²) in [5.41, 5.74) is 1.18. The van der Waals surface area contributed by atoms with Gasteiger partial charge in [0.25, 0.3) is 10.0 Å². The number of nitrogens with one attached hydrogen (secondary N) is 2. The second-order valence-corrected chi connectivity index (χ2v) is 7.55. The number of aryl methyl sites for hydroxylation is 1. The third-order valence-electron chi connectivity index (χ3n) is 3.79. The van der Waals surface area contributed by atoms with Gasteiger partial charge < -0.3 is 9.88 Å². The van der Waals surface area contributed by atoms with E-state index in [0.29, 0.717) is 17.3 Å². The molecule has 0 atom stereocenters. The standard InChI is InChI=1S/C17H16N8O2S/c1-24-9-17(21-12-24)28(26,27)23-14-4-2-13(3-5-14)22-15-8-16(20-10-19-15)25-7-6-18-11-25/h2-12,23H,1H3,(H,19,20,22). The molecular weight excluding hydrogens is 380 g/mol. The number of hydrogen-bond donors (Lipinski definition) is 2. The summed E-state index contributed by atoms with van der Waals surface area (Å²) in [5, 5.41) is 3.12. The van der Waals surface area contributed by atoms with Gasteiger partial charge in [-0.2, -0.15) is 8.42 Å². The van der Waals surface area contributed by atoms with E-state index in [0.717, 1.165) is 5.69 Å². The summed E-state index contributed by atoms with van der Waals surface area (Å²) in [6, 6.07) is 8.57. The van der Waals surface area contributed by atoms with Gasteiger partial charge in [-0.15, -0.1) is 0 Å². The first-order valence-corrected chi connectivity index (χ1v) is 9.66. The maximum atomic E-state index is 12.3. The summed E-state index contributed by atoms with van der Waals surface area (Å²) < 4.78 is 30.5. The third kappa shape index (κ3) is 3.83. The highest BCUT2D eigenvalue weighted by atomic mass is 32.2. The van der Waals surface area contributed by atoms with Crippen molar-refractivity contribution in [3.05, 3.63) is 67.9 Å². The Labute approximate surface area is 161 Å². The van der Waals surface area contributed by atoms with Crippen LogP contribution in [0.2, 0.25) is 0 Å². The average Bonchev–Trinajstić information content (AvgIpc) is 3.35. The molecule has 4 aromatic rings. The molecule has 0 aliphatic carbocycles. The molecule has 0 amide bonds. The van der Waals surface area contributed by atoms with Gasteiger partial charge in [-0.05, 0) is 24.3 Å². The fourth-order valence-electron chi connectivity index (χ4n) is 2.46. The Morgan fingerprint density at radius 2 is 1.79 bits per heavy atom. The van der Waals surface area contributed by atoms with Crippen molar-refractivity contribution in [2.24, 2.45) is 7.05 Å². The minimum Gasteiger partial charge on any atom is -0.340 e. The first kappa shape index (κ1) is 17.7. The first-order chi connectivity index (χ1) is 13.5. The number of aromatic nitrogens is 6. The van der Waals surface area contributed by atoms with Crippen LogP contribution in [0.25, 0.3) is 5.82 Å². The highest BCUT2D eigenvalue weighted by Crippen LogP contribution is 2.20. The molecule has 0 aliphatic heterocycles. The molecule has 0 saturated carbocycles. The van der Waals surface area contributed by atoms with Gasteiger partial charge in [-0.3, -0.25) is 9.29 Å². The molecule has 0 bridgehead atoms. The lowest BCUT2D eigenvalue weighted by Crippen LogP contribution is -2.13. The molecule has 4 rings (SSSR count). The zero-order chi connectivity index (χ0) is 19.6. The molecular formula is C17H16N8O2S. The van der Waals surface area contributed by atoms with Crippen molar-refractivity contribution in [3.8, 4) is 5.82 Å². The van der Waals surface area contributed by atoms with Crippen molar-refractivity contribution < 1.29 is 8.42 Å². The van der Waals surface area contributed by atoms with Crippen molar-refractivity contribution in [2.45, 2.75) is 5.03 Å². The van der Waals surface area contributed by atoms with Crippen LogP contribution in [0.4, 0.5) is 17.2 Å². The maximum Gasteiger partial charge on any atom is 0.280 e. The zero-order valence-corrected chi connectivity index (χ0v) is 15.6. The Morgan fingerprint density at radius 1 is 1.00 bits per heavy atom. The van der Waals surface area contributed by atoms with Gasteiger partial charge in [0.1, 0.15) is 24.3 Å². The lowest BCUT2D eigenvalue weighted by molar-refractivity contribution is 0.598. The normalized spacial score (nSPS) is 11.3. The second kappa shape index (κ2) is 7.12. The number of sulfonamides is 1. The Hall–Kier alpha value is -3.73. The lowest BCUT2D eigenvalue weighted by Gasteiger charge is -2.09. The molecule has 3 aromatic heterocycles. The van der Waals surface area contributed by atoms with Crippen LogP contribution in [0, 0.1) is 0 Å². The smallest absolute Gasteiger partial charge is 0.280 e. The van der Waals surface area contributed by atoms with Crippen molar-refractivity contribution in [1.29, 1.82) is 0 Å². The number of nitrogens with zero attached hydrogens (tertiary/aromatic N) is 6. The number of anilines is 3. The first-order valence-electron chi connectivity index (χ1n) is 8.18. The quantitative estimate of drug-likeness (QED) is 0.511. The van der Waals surface area contributed by atoms with Gasteiger partial charge in [-0.1, -0.05) is 0 Å². The number of imidazole rings is 2.